The van der Waals surface area contributed by atoms with E-state index in [-0.39, 0.29) is 33.8 Å². The van der Waals surface area contributed by atoms with Crippen LogP contribution in [0.1, 0.15) is 70.5 Å². The van der Waals surface area contributed by atoms with Crippen molar-refractivity contribution in [1.29, 1.82) is 0 Å². The zero-order valence-corrected chi connectivity index (χ0v) is 26.6. The number of hydrogen-bond acceptors (Lipinski definition) is 11. The van der Waals surface area contributed by atoms with Crippen molar-refractivity contribution in [2.24, 2.45) is 0 Å². The number of thiazole rings is 2. The number of fused-ring (bicyclic) bond motifs is 1. The molecule has 0 bridgehead atoms. The van der Waals surface area contributed by atoms with E-state index in [0.717, 1.165) is 15.8 Å². The van der Waals surface area contributed by atoms with E-state index < -0.39 is 14.3 Å². The van der Waals surface area contributed by atoms with Crippen molar-refractivity contribution in [2.45, 2.75) is 65.6 Å². The first-order valence-corrected chi connectivity index (χ1v) is 17.8. The third-order valence-corrected chi connectivity index (χ3v) is 13.5. The Kier molecular flexibility index (Phi) is 9.13. The molecule has 0 aliphatic carbocycles. The largest absolute Gasteiger partial charge is 0.461 e. The normalized spacial score (nSPS) is 12.1. The van der Waals surface area contributed by atoms with Gasteiger partial charge in [0.15, 0.2) is 30.0 Å². The fourth-order valence-electron chi connectivity index (χ4n) is 3.61. The number of carbonyl (C=O) groups is 2. The highest BCUT2D eigenvalue weighted by molar-refractivity contribution is 7.22. The fraction of sp³-hybridized carbons (Fsp3) is 0.429. The van der Waals surface area contributed by atoms with Gasteiger partial charge in [0.25, 0.3) is 0 Å². The summed E-state index contributed by atoms with van der Waals surface area (Å²) >= 11 is 2.71. The lowest BCUT2D eigenvalue weighted by Crippen LogP contribution is -2.41. The average Bonchev–Trinajstić information content (AvgIpc) is 3.51. The number of aryl methyl sites for hydroxylation is 2. The van der Waals surface area contributed by atoms with Crippen LogP contribution in [-0.2, 0) is 15.6 Å². The minimum atomic E-state index is -1.87. The smallest absolute Gasteiger partial charge is 0.358 e. The first-order valence-electron chi connectivity index (χ1n) is 13.2. The number of para-hydroxylation sites is 1. The lowest BCUT2D eigenvalue weighted by molar-refractivity contribution is 0.0519. The topological polar surface area (TPSA) is 116 Å². The lowest BCUT2D eigenvalue weighted by atomic mass is 10.2. The predicted molar refractivity (Wildman–Crippen MR) is 163 cm³/mol. The number of carbonyl (C=O) groups excluding carboxylic acids is 2. The van der Waals surface area contributed by atoms with Gasteiger partial charge < -0.3 is 14.5 Å². The summed E-state index contributed by atoms with van der Waals surface area (Å²) in [6.45, 7) is 15.4. The summed E-state index contributed by atoms with van der Waals surface area (Å²) in [7, 11) is -1.87. The second-order valence-corrected chi connectivity index (χ2v) is 17.8. The molecule has 0 saturated carbocycles. The molecular formula is C28H35N5O4S2Si. The highest BCUT2D eigenvalue weighted by Crippen LogP contribution is 2.36. The molecule has 40 heavy (non-hydrogen) atoms. The van der Waals surface area contributed by atoms with E-state index in [4.69, 9.17) is 9.16 Å². The summed E-state index contributed by atoms with van der Waals surface area (Å²) in [6.07, 6.45) is 1.27. The molecule has 0 spiro atoms. The average molecular weight is 598 g/mol. The number of anilines is 2. The summed E-state index contributed by atoms with van der Waals surface area (Å²) in [5, 5.41) is 12.6. The Labute approximate surface area is 243 Å². The summed E-state index contributed by atoms with van der Waals surface area (Å²) in [5.41, 5.74) is 1.98. The number of aromatic nitrogens is 4. The minimum absolute atomic E-state index is 0.117. The number of ether oxygens (including phenoxy) is 1. The molecule has 9 nitrogen and oxygen atoms in total. The Hall–Kier alpha value is -3.06. The van der Waals surface area contributed by atoms with Gasteiger partial charge in [0.1, 0.15) is 5.69 Å². The van der Waals surface area contributed by atoms with Gasteiger partial charge in [-0.2, -0.15) is 0 Å². The van der Waals surface area contributed by atoms with Crippen LogP contribution >= 0.6 is 22.7 Å². The lowest BCUT2D eigenvalue weighted by Gasteiger charge is -2.36. The van der Waals surface area contributed by atoms with Crippen LogP contribution in [-0.4, -0.2) is 53.4 Å². The van der Waals surface area contributed by atoms with E-state index in [2.05, 4.69) is 59.3 Å². The maximum Gasteiger partial charge on any atom is 0.358 e. The van der Waals surface area contributed by atoms with Gasteiger partial charge in [-0.25, -0.2) is 14.8 Å². The number of nitrogens with zero attached hydrogens (tertiary/aromatic N) is 4. The Morgan fingerprint density at radius 1 is 1.07 bits per heavy atom. The molecule has 212 valence electrons. The quantitative estimate of drug-likeness (QED) is 0.0848. The van der Waals surface area contributed by atoms with Gasteiger partial charge in [-0.1, -0.05) is 44.2 Å². The number of esters is 1. The van der Waals surface area contributed by atoms with E-state index in [9.17, 15) is 9.59 Å². The number of nitrogens with one attached hydrogen (secondary N) is 1. The first-order chi connectivity index (χ1) is 18.9. The molecule has 0 fully saturated rings. The zero-order chi connectivity index (χ0) is 29.1. The molecule has 1 aromatic carbocycles. The highest BCUT2D eigenvalue weighted by Gasteiger charge is 2.37. The molecule has 0 atom stereocenters. The van der Waals surface area contributed by atoms with Crippen LogP contribution in [0.15, 0.2) is 30.3 Å². The molecule has 3 aromatic heterocycles. The van der Waals surface area contributed by atoms with Crippen LogP contribution in [0.3, 0.4) is 0 Å². The van der Waals surface area contributed by atoms with Crippen molar-refractivity contribution in [3.63, 3.8) is 0 Å². The molecule has 0 amide bonds. The van der Waals surface area contributed by atoms with Crippen molar-refractivity contribution in [1.82, 2.24) is 20.2 Å². The van der Waals surface area contributed by atoms with Gasteiger partial charge in [0.2, 0.25) is 5.78 Å². The Balaban J connectivity index is 1.49. The molecule has 3 heterocycles. The van der Waals surface area contributed by atoms with E-state index >= 15 is 0 Å². The van der Waals surface area contributed by atoms with Crippen molar-refractivity contribution in [3.05, 3.63) is 57.2 Å². The van der Waals surface area contributed by atoms with Crippen molar-refractivity contribution >= 4 is 63.9 Å². The predicted octanol–water partition coefficient (Wildman–Crippen LogP) is 6.96. The Morgan fingerprint density at radius 3 is 2.50 bits per heavy atom. The van der Waals surface area contributed by atoms with Gasteiger partial charge in [0, 0.05) is 11.5 Å². The minimum Gasteiger partial charge on any atom is -0.461 e. The molecule has 0 unspecified atom stereocenters. The second-order valence-electron chi connectivity index (χ2n) is 10.9. The molecule has 0 aliphatic heterocycles. The molecule has 0 radical (unpaired) electrons. The maximum absolute atomic E-state index is 13.3. The molecule has 4 aromatic rings. The second kappa shape index (κ2) is 12.2. The van der Waals surface area contributed by atoms with Crippen molar-refractivity contribution in [2.75, 3.05) is 18.5 Å². The van der Waals surface area contributed by atoms with E-state index in [1.165, 1.54) is 22.7 Å². The van der Waals surface area contributed by atoms with Gasteiger partial charge in [-0.3, -0.25) is 4.79 Å². The maximum atomic E-state index is 13.3. The summed E-state index contributed by atoms with van der Waals surface area (Å²) < 4.78 is 12.6. The van der Waals surface area contributed by atoms with Crippen LogP contribution in [0.5, 0.6) is 0 Å². The third-order valence-electron chi connectivity index (χ3n) is 6.91. The van der Waals surface area contributed by atoms with Crippen LogP contribution in [0.2, 0.25) is 18.1 Å². The number of rotatable bonds is 11. The van der Waals surface area contributed by atoms with Gasteiger partial charge in [-0.05, 0) is 68.6 Å². The third kappa shape index (κ3) is 6.80. The Bertz CT molecular complexity index is 1490. The SMILES string of the molecule is CCOC(=O)c1nc(C(=O)c2cc(C)c(Nc3nc4ccccc4s3)nn2)sc1CCCO[Si](C)(C)C(C)(C)C. The molecule has 4 rings (SSSR count). The number of ketones is 1. The molecular weight excluding hydrogens is 563 g/mol. The van der Waals surface area contributed by atoms with Gasteiger partial charge >= 0.3 is 5.97 Å². The standard InChI is InChI=1S/C28H35N5O4S2Si/c1-8-36-26(35)22-21(14-11-15-37-40(6,7)28(3,4)5)38-25(30-22)23(34)19-16-17(2)24(33-32-19)31-27-29-18-12-9-10-13-20(18)39-27/h9-10,12-13,16H,8,11,14-15H2,1-7H3,(H,29,31,33). The number of hydrogen-bond donors (Lipinski definition) is 1. The van der Waals surface area contributed by atoms with E-state index in [1.807, 2.05) is 31.2 Å². The van der Waals surface area contributed by atoms with Gasteiger partial charge in [-0.15, -0.1) is 21.5 Å². The van der Waals surface area contributed by atoms with Crippen LogP contribution < -0.4 is 5.32 Å². The molecule has 1 N–H and O–H groups in total. The highest BCUT2D eigenvalue weighted by atomic mass is 32.1. The summed E-state index contributed by atoms with van der Waals surface area (Å²) in [6, 6.07) is 9.54. The first kappa shape index (κ1) is 29.9. The molecule has 0 saturated heterocycles. The fourth-order valence-corrected chi connectivity index (χ4v) is 6.60. The van der Waals surface area contributed by atoms with Crippen LogP contribution in [0.25, 0.3) is 10.2 Å². The summed E-state index contributed by atoms with van der Waals surface area (Å²) in [4.78, 5) is 35.7. The number of benzene rings is 1. The molecule has 12 heteroatoms. The monoisotopic (exact) mass is 597 g/mol. The van der Waals surface area contributed by atoms with Crippen LogP contribution in [0, 0.1) is 6.92 Å². The Morgan fingerprint density at radius 2 is 1.82 bits per heavy atom. The summed E-state index contributed by atoms with van der Waals surface area (Å²) in [5.74, 6) is -0.401. The van der Waals surface area contributed by atoms with E-state index in [0.29, 0.717) is 35.3 Å². The van der Waals surface area contributed by atoms with E-state index in [1.54, 1.807) is 13.0 Å². The van der Waals surface area contributed by atoms with Gasteiger partial charge in [0.05, 0.1) is 16.8 Å². The van der Waals surface area contributed by atoms with Crippen molar-refractivity contribution < 1.29 is 18.8 Å². The molecule has 0 aliphatic rings. The zero-order valence-electron chi connectivity index (χ0n) is 24.0. The van der Waals surface area contributed by atoms with Crippen LogP contribution in [0.4, 0.5) is 10.9 Å². The van der Waals surface area contributed by atoms with Crippen molar-refractivity contribution in [3.8, 4) is 0 Å².